The molecule has 3 aromatic rings. The maximum absolute atomic E-state index is 11.0. The van der Waals surface area contributed by atoms with Crippen molar-refractivity contribution in [3.8, 4) is 28.6 Å². The summed E-state index contributed by atoms with van der Waals surface area (Å²) < 4.78 is 12.8. The summed E-state index contributed by atoms with van der Waals surface area (Å²) in [5.41, 5.74) is 1.85. The number of hydrogen-bond donors (Lipinski definition) is 1. The van der Waals surface area contributed by atoms with Gasteiger partial charge in [0.1, 0.15) is 23.5 Å². The number of rotatable bonds is 5. The Morgan fingerprint density at radius 3 is 2.38 bits per heavy atom. The molecule has 0 unspecified atom stereocenters. The van der Waals surface area contributed by atoms with Crippen molar-refractivity contribution < 1.29 is 19.1 Å². The first-order chi connectivity index (χ1) is 12.4. The lowest BCUT2D eigenvalue weighted by molar-refractivity contribution is 0.112. The third kappa shape index (κ3) is 3.71. The fraction of sp³-hybridized carbons (Fsp3) is 0.150. The van der Waals surface area contributed by atoms with E-state index in [-0.39, 0.29) is 11.7 Å². The molecule has 0 fully saturated rings. The van der Waals surface area contributed by atoms with Gasteiger partial charge in [-0.3, -0.25) is 4.79 Å². The molecule has 0 bridgehead atoms. The van der Waals surface area contributed by atoms with E-state index in [1.54, 1.807) is 42.7 Å². The van der Waals surface area contributed by atoms with E-state index in [1.807, 2.05) is 13.8 Å². The molecule has 1 heterocycles. The van der Waals surface area contributed by atoms with Gasteiger partial charge in [0.25, 0.3) is 0 Å². The summed E-state index contributed by atoms with van der Waals surface area (Å²) in [7, 11) is 0. The first-order valence-electron chi connectivity index (χ1n) is 7.93. The number of aromatic hydroxyl groups is 1. The third-order valence-corrected chi connectivity index (χ3v) is 5.08. The van der Waals surface area contributed by atoms with Gasteiger partial charge in [0.15, 0.2) is 5.75 Å². The Morgan fingerprint density at radius 2 is 1.85 bits per heavy atom. The number of benzene rings is 2. The molecule has 1 N–H and O–H groups in total. The average Bonchev–Trinajstić information content (AvgIpc) is 3.13. The summed E-state index contributed by atoms with van der Waals surface area (Å²) in [5.74, 6) is 1.93. The van der Waals surface area contributed by atoms with Gasteiger partial charge in [-0.05, 0) is 74.2 Å². The Bertz CT molecular complexity index is 924. The van der Waals surface area contributed by atoms with Crippen LogP contribution < -0.4 is 4.74 Å². The molecule has 2 aromatic carbocycles. The summed E-state index contributed by atoms with van der Waals surface area (Å²) in [6.07, 6.45) is 2.33. The molecule has 0 radical (unpaired) electrons. The van der Waals surface area contributed by atoms with Crippen molar-refractivity contribution in [2.75, 3.05) is 0 Å². The van der Waals surface area contributed by atoms with E-state index in [4.69, 9.17) is 9.15 Å². The van der Waals surface area contributed by atoms with E-state index < -0.39 is 0 Å². The number of halogens is 2. The van der Waals surface area contributed by atoms with E-state index in [1.165, 1.54) is 0 Å². The van der Waals surface area contributed by atoms with E-state index >= 15 is 0 Å². The lowest BCUT2D eigenvalue weighted by Gasteiger charge is -2.16. The second-order valence-corrected chi connectivity index (χ2v) is 7.78. The fourth-order valence-corrected chi connectivity index (χ4v) is 3.99. The van der Waals surface area contributed by atoms with Crippen molar-refractivity contribution in [2.24, 2.45) is 0 Å². The topological polar surface area (TPSA) is 59.7 Å². The van der Waals surface area contributed by atoms with Gasteiger partial charge in [0.05, 0.1) is 20.8 Å². The van der Waals surface area contributed by atoms with E-state index in [0.29, 0.717) is 37.3 Å². The van der Waals surface area contributed by atoms with Crippen LogP contribution >= 0.6 is 31.9 Å². The summed E-state index contributed by atoms with van der Waals surface area (Å²) in [6, 6.07) is 10.5. The predicted molar refractivity (Wildman–Crippen MR) is 107 cm³/mol. The Morgan fingerprint density at radius 1 is 1.15 bits per heavy atom. The number of carbonyl (C=O) groups is 1. The van der Waals surface area contributed by atoms with Gasteiger partial charge in [0.2, 0.25) is 0 Å². The standard InChI is InChI=1S/C20H16Br2O4/c1-11(2)14-8-13(9-15(19(14)24)18-4-3-5-25-18)26-20-16(21)6-12(10-23)7-17(20)22/h3-11,24H,1-2H3. The zero-order chi connectivity index (χ0) is 18.8. The number of phenolic OH excluding ortho intramolecular Hbond substituents is 1. The van der Waals surface area contributed by atoms with Crippen LogP contribution in [0.3, 0.4) is 0 Å². The van der Waals surface area contributed by atoms with Gasteiger partial charge < -0.3 is 14.3 Å². The highest BCUT2D eigenvalue weighted by atomic mass is 79.9. The minimum Gasteiger partial charge on any atom is -0.507 e. The van der Waals surface area contributed by atoms with Gasteiger partial charge >= 0.3 is 0 Å². The summed E-state index contributed by atoms with van der Waals surface area (Å²) >= 11 is 6.87. The van der Waals surface area contributed by atoms with Crippen LogP contribution in [0.25, 0.3) is 11.3 Å². The molecule has 0 saturated carbocycles. The highest BCUT2D eigenvalue weighted by molar-refractivity contribution is 9.11. The smallest absolute Gasteiger partial charge is 0.155 e. The lowest BCUT2D eigenvalue weighted by Crippen LogP contribution is -1.95. The van der Waals surface area contributed by atoms with Gasteiger partial charge in [0, 0.05) is 11.1 Å². The Kier molecular flexibility index (Phi) is 5.53. The zero-order valence-electron chi connectivity index (χ0n) is 14.1. The maximum atomic E-state index is 11.0. The molecule has 26 heavy (non-hydrogen) atoms. The zero-order valence-corrected chi connectivity index (χ0v) is 17.3. The molecule has 4 nitrogen and oxygen atoms in total. The van der Waals surface area contributed by atoms with Gasteiger partial charge in [-0.2, -0.15) is 0 Å². The van der Waals surface area contributed by atoms with Gasteiger partial charge in [-0.1, -0.05) is 13.8 Å². The number of carbonyl (C=O) groups excluding carboxylic acids is 1. The molecule has 3 rings (SSSR count). The second kappa shape index (κ2) is 7.68. The minimum absolute atomic E-state index is 0.0941. The normalized spacial score (nSPS) is 11.0. The fourth-order valence-electron chi connectivity index (χ4n) is 2.61. The van der Waals surface area contributed by atoms with Crippen molar-refractivity contribution in [1.82, 2.24) is 0 Å². The van der Waals surface area contributed by atoms with Crippen LogP contribution in [0.15, 0.2) is 56.0 Å². The molecule has 134 valence electrons. The first-order valence-corrected chi connectivity index (χ1v) is 9.52. The van der Waals surface area contributed by atoms with Crippen molar-refractivity contribution in [1.29, 1.82) is 0 Å². The molecule has 6 heteroatoms. The highest BCUT2D eigenvalue weighted by Gasteiger charge is 2.18. The molecule has 0 atom stereocenters. The van der Waals surface area contributed by atoms with Crippen molar-refractivity contribution in [3.63, 3.8) is 0 Å². The Balaban J connectivity index is 2.10. The molecular weight excluding hydrogens is 464 g/mol. The van der Waals surface area contributed by atoms with Crippen LogP contribution in [0.5, 0.6) is 17.2 Å². The SMILES string of the molecule is CC(C)c1cc(Oc2c(Br)cc(C=O)cc2Br)cc(-c2ccco2)c1O. The monoisotopic (exact) mass is 478 g/mol. The Hall–Kier alpha value is -2.05. The van der Waals surface area contributed by atoms with Crippen LogP contribution in [-0.4, -0.2) is 11.4 Å². The number of aldehydes is 1. The number of furan rings is 1. The molecule has 0 saturated heterocycles. The van der Waals surface area contributed by atoms with Gasteiger partial charge in [-0.25, -0.2) is 0 Å². The summed E-state index contributed by atoms with van der Waals surface area (Å²) in [4.78, 5) is 11.0. The molecule has 1 aromatic heterocycles. The minimum atomic E-state index is 0.0941. The summed E-state index contributed by atoms with van der Waals surface area (Å²) in [5, 5.41) is 10.6. The second-order valence-electron chi connectivity index (χ2n) is 6.07. The molecule has 0 aliphatic rings. The molecular formula is C20H16Br2O4. The maximum Gasteiger partial charge on any atom is 0.155 e. The predicted octanol–water partition coefficient (Wildman–Crippen LogP) is 6.91. The number of phenols is 1. The first kappa shape index (κ1) is 18.7. The average molecular weight is 480 g/mol. The van der Waals surface area contributed by atoms with Gasteiger partial charge in [-0.15, -0.1) is 0 Å². The van der Waals surface area contributed by atoms with E-state index in [0.717, 1.165) is 11.8 Å². The largest absolute Gasteiger partial charge is 0.507 e. The molecule has 0 aliphatic carbocycles. The third-order valence-electron chi connectivity index (χ3n) is 3.90. The number of ether oxygens (including phenoxy) is 1. The molecule has 0 aliphatic heterocycles. The van der Waals surface area contributed by atoms with E-state index in [9.17, 15) is 9.90 Å². The van der Waals surface area contributed by atoms with Crippen molar-refractivity contribution >= 4 is 38.1 Å². The van der Waals surface area contributed by atoms with Crippen molar-refractivity contribution in [3.05, 3.63) is 62.7 Å². The van der Waals surface area contributed by atoms with Crippen LogP contribution in [-0.2, 0) is 0 Å². The molecule has 0 spiro atoms. The summed E-state index contributed by atoms with van der Waals surface area (Å²) in [6.45, 7) is 3.99. The van der Waals surface area contributed by atoms with Crippen LogP contribution in [0.4, 0.5) is 0 Å². The van der Waals surface area contributed by atoms with E-state index in [2.05, 4.69) is 31.9 Å². The number of hydrogen-bond acceptors (Lipinski definition) is 4. The van der Waals surface area contributed by atoms with Crippen molar-refractivity contribution in [2.45, 2.75) is 19.8 Å². The Labute approximate surface area is 168 Å². The quantitative estimate of drug-likeness (QED) is 0.404. The highest BCUT2D eigenvalue weighted by Crippen LogP contribution is 2.43. The molecule has 0 amide bonds. The van der Waals surface area contributed by atoms with Crippen LogP contribution in [0, 0.1) is 0 Å². The lowest BCUT2D eigenvalue weighted by atomic mass is 9.97. The van der Waals surface area contributed by atoms with Crippen LogP contribution in [0.1, 0.15) is 35.7 Å². The van der Waals surface area contributed by atoms with Crippen LogP contribution in [0.2, 0.25) is 0 Å².